The van der Waals surface area contributed by atoms with Crippen LogP contribution in [0.1, 0.15) is 38.9 Å². The summed E-state index contributed by atoms with van der Waals surface area (Å²) in [7, 11) is 1.61. The minimum absolute atomic E-state index is 0.130. The molecule has 0 fully saturated rings. The molecule has 1 N–H and O–H groups in total. The lowest BCUT2D eigenvalue weighted by atomic mass is 9.90. The molecule has 1 heterocycles. The number of amides is 1. The van der Waals surface area contributed by atoms with Crippen molar-refractivity contribution in [1.29, 1.82) is 0 Å². The van der Waals surface area contributed by atoms with E-state index in [2.05, 4.69) is 5.32 Å². The normalized spacial score (nSPS) is 19.4. The number of ether oxygens (including phenoxy) is 3. The lowest BCUT2D eigenvalue weighted by molar-refractivity contribution is -0.148. The number of carbonyl (C=O) groups excluding carboxylic acids is 2. The second kappa shape index (κ2) is 8.15. The largest absolute Gasteiger partial charge is 0.493 e. The molecule has 2 rings (SSSR count). The molecule has 2 atom stereocenters. The van der Waals surface area contributed by atoms with Gasteiger partial charge in [-0.15, -0.1) is 0 Å². The van der Waals surface area contributed by atoms with E-state index in [1.54, 1.807) is 19.2 Å². The molecule has 0 spiro atoms. The van der Waals surface area contributed by atoms with Crippen LogP contribution < -0.4 is 10.1 Å². The number of benzene rings is 1. The third-order valence-corrected chi connectivity index (χ3v) is 3.78. The van der Waals surface area contributed by atoms with Crippen molar-refractivity contribution in [3.63, 3.8) is 0 Å². The smallest absolute Gasteiger partial charge is 0.306 e. The fourth-order valence-electron chi connectivity index (χ4n) is 2.74. The Hall–Kier alpha value is -2.08. The molecule has 0 aliphatic carbocycles. The fourth-order valence-corrected chi connectivity index (χ4v) is 2.74. The number of carbonyl (C=O) groups is 2. The Morgan fingerprint density at radius 1 is 1.38 bits per heavy atom. The molecule has 0 bridgehead atoms. The maximum absolute atomic E-state index is 12.0. The van der Waals surface area contributed by atoms with Gasteiger partial charge in [-0.25, -0.2) is 0 Å². The van der Waals surface area contributed by atoms with Gasteiger partial charge in [-0.05, 0) is 24.1 Å². The standard InChI is InChI=1S/C18H25NO5/c1-11(2)9-24-17(21)7-13-10-23-16-6-5-14(19-12(3)20)8-15(16)18(13)22-4/h5-6,8,11,13,18H,7,9-10H2,1-4H3,(H,19,20). The summed E-state index contributed by atoms with van der Waals surface area (Å²) in [6, 6.07) is 5.42. The first kappa shape index (κ1) is 18.3. The molecule has 1 aromatic rings. The summed E-state index contributed by atoms with van der Waals surface area (Å²) in [6.45, 7) is 6.25. The van der Waals surface area contributed by atoms with E-state index in [-0.39, 0.29) is 30.3 Å². The topological polar surface area (TPSA) is 73.9 Å². The predicted molar refractivity (Wildman–Crippen MR) is 89.9 cm³/mol. The summed E-state index contributed by atoms with van der Waals surface area (Å²) in [5.74, 6) is 0.489. The van der Waals surface area contributed by atoms with Gasteiger partial charge in [0.2, 0.25) is 5.91 Å². The first-order chi connectivity index (χ1) is 11.4. The molecule has 6 heteroatoms. The fraction of sp³-hybridized carbons (Fsp3) is 0.556. The number of methoxy groups -OCH3 is 1. The first-order valence-corrected chi connectivity index (χ1v) is 8.13. The summed E-state index contributed by atoms with van der Waals surface area (Å²) in [4.78, 5) is 23.2. The van der Waals surface area contributed by atoms with Crippen LogP contribution in [0.15, 0.2) is 18.2 Å². The Morgan fingerprint density at radius 2 is 2.12 bits per heavy atom. The Kier molecular flexibility index (Phi) is 6.20. The summed E-state index contributed by atoms with van der Waals surface area (Å²) < 4.78 is 16.6. The molecule has 0 radical (unpaired) electrons. The number of esters is 1. The van der Waals surface area contributed by atoms with Crippen molar-refractivity contribution < 1.29 is 23.8 Å². The molecule has 0 saturated heterocycles. The molecular weight excluding hydrogens is 310 g/mol. The zero-order valence-corrected chi connectivity index (χ0v) is 14.6. The highest BCUT2D eigenvalue weighted by atomic mass is 16.5. The second-order valence-corrected chi connectivity index (χ2v) is 6.44. The zero-order valence-electron chi connectivity index (χ0n) is 14.6. The van der Waals surface area contributed by atoms with Crippen molar-refractivity contribution in [2.75, 3.05) is 25.6 Å². The number of nitrogens with one attached hydrogen (secondary N) is 1. The van der Waals surface area contributed by atoms with E-state index in [0.29, 0.717) is 30.6 Å². The number of fused-ring (bicyclic) bond motifs is 1. The maximum Gasteiger partial charge on any atom is 0.306 e. The quantitative estimate of drug-likeness (QED) is 0.809. The van der Waals surface area contributed by atoms with E-state index in [0.717, 1.165) is 5.56 Å². The second-order valence-electron chi connectivity index (χ2n) is 6.44. The van der Waals surface area contributed by atoms with Gasteiger partial charge in [0.05, 0.1) is 25.7 Å². The Balaban J connectivity index is 2.12. The van der Waals surface area contributed by atoms with E-state index >= 15 is 0 Å². The predicted octanol–water partition coefficient (Wildman–Crippen LogP) is 2.93. The molecule has 132 valence electrons. The highest BCUT2D eigenvalue weighted by Gasteiger charge is 2.33. The molecule has 6 nitrogen and oxygen atoms in total. The Labute approximate surface area is 142 Å². The van der Waals surface area contributed by atoms with Gasteiger partial charge in [0, 0.05) is 31.2 Å². The summed E-state index contributed by atoms with van der Waals surface area (Å²) in [5.41, 5.74) is 1.51. The first-order valence-electron chi connectivity index (χ1n) is 8.13. The molecule has 1 amide bonds. The van der Waals surface area contributed by atoms with Crippen LogP contribution in [0.3, 0.4) is 0 Å². The van der Waals surface area contributed by atoms with Crippen molar-refractivity contribution in [3.8, 4) is 5.75 Å². The van der Waals surface area contributed by atoms with E-state index in [1.165, 1.54) is 6.92 Å². The van der Waals surface area contributed by atoms with Crippen LogP contribution in [0.4, 0.5) is 5.69 Å². The monoisotopic (exact) mass is 335 g/mol. The minimum atomic E-state index is -0.283. The highest BCUT2D eigenvalue weighted by molar-refractivity contribution is 5.88. The number of hydrogen-bond acceptors (Lipinski definition) is 5. The van der Waals surface area contributed by atoms with Crippen LogP contribution in [0.25, 0.3) is 0 Å². The molecule has 1 aliphatic heterocycles. The van der Waals surface area contributed by atoms with E-state index < -0.39 is 0 Å². The van der Waals surface area contributed by atoms with Crippen molar-refractivity contribution in [2.45, 2.75) is 33.3 Å². The summed E-state index contributed by atoms with van der Waals surface area (Å²) >= 11 is 0. The molecule has 1 aromatic carbocycles. The van der Waals surface area contributed by atoms with Crippen molar-refractivity contribution in [3.05, 3.63) is 23.8 Å². The van der Waals surface area contributed by atoms with Crippen LogP contribution in [0.5, 0.6) is 5.75 Å². The summed E-state index contributed by atoms with van der Waals surface area (Å²) in [5, 5.41) is 2.75. The molecule has 1 aliphatic rings. The maximum atomic E-state index is 12.0. The lowest BCUT2D eigenvalue weighted by Gasteiger charge is -2.32. The molecule has 0 saturated carbocycles. The van der Waals surface area contributed by atoms with Crippen molar-refractivity contribution in [2.24, 2.45) is 11.8 Å². The molecule has 24 heavy (non-hydrogen) atoms. The van der Waals surface area contributed by atoms with Crippen molar-refractivity contribution in [1.82, 2.24) is 0 Å². The van der Waals surface area contributed by atoms with Crippen LogP contribution in [-0.2, 0) is 19.1 Å². The van der Waals surface area contributed by atoms with E-state index in [4.69, 9.17) is 14.2 Å². The number of hydrogen-bond donors (Lipinski definition) is 1. The SMILES string of the molecule is COC1c2cc(NC(C)=O)ccc2OCC1CC(=O)OCC(C)C. The molecular formula is C18H25NO5. The highest BCUT2D eigenvalue weighted by Crippen LogP contribution is 2.40. The third kappa shape index (κ3) is 4.71. The number of rotatable bonds is 6. The van der Waals surface area contributed by atoms with Gasteiger partial charge in [-0.3, -0.25) is 9.59 Å². The average molecular weight is 335 g/mol. The van der Waals surface area contributed by atoms with Crippen LogP contribution in [0, 0.1) is 11.8 Å². The minimum Gasteiger partial charge on any atom is -0.493 e. The van der Waals surface area contributed by atoms with Crippen LogP contribution in [-0.4, -0.2) is 32.2 Å². The van der Waals surface area contributed by atoms with Gasteiger partial charge in [-0.2, -0.15) is 0 Å². The average Bonchev–Trinajstić information content (AvgIpc) is 2.52. The van der Waals surface area contributed by atoms with Gasteiger partial charge >= 0.3 is 5.97 Å². The molecule has 2 unspecified atom stereocenters. The van der Waals surface area contributed by atoms with Gasteiger partial charge in [0.25, 0.3) is 0 Å². The van der Waals surface area contributed by atoms with Crippen molar-refractivity contribution >= 4 is 17.6 Å². The Morgan fingerprint density at radius 3 is 2.75 bits per heavy atom. The third-order valence-electron chi connectivity index (χ3n) is 3.78. The van der Waals surface area contributed by atoms with E-state index in [1.807, 2.05) is 19.9 Å². The molecule has 0 aromatic heterocycles. The Bertz CT molecular complexity index is 599. The lowest BCUT2D eigenvalue weighted by Crippen LogP contribution is -2.30. The summed E-state index contributed by atoms with van der Waals surface area (Å²) in [6.07, 6.45) is -0.0521. The van der Waals surface area contributed by atoms with Gasteiger partial charge in [-0.1, -0.05) is 13.8 Å². The van der Waals surface area contributed by atoms with Crippen LogP contribution in [0.2, 0.25) is 0 Å². The van der Waals surface area contributed by atoms with Gasteiger partial charge < -0.3 is 19.5 Å². The van der Waals surface area contributed by atoms with Gasteiger partial charge in [0.1, 0.15) is 5.75 Å². The number of anilines is 1. The van der Waals surface area contributed by atoms with E-state index in [9.17, 15) is 9.59 Å². The van der Waals surface area contributed by atoms with Crippen LogP contribution >= 0.6 is 0 Å². The van der Waals surface area contributed by atoms with Gasteiger partial charge in [0.15, 0.2) is 0 Å². The zero-order chi connectivity index (χ0) is 17.7.